The Bertz CT molecular complexity index is 1040. The fourth-order valence-corrected chi connectivity index (χ4v) is 3.08. The van der Waals surface area contributed by atoms with Gasteiger partial charge in [0.05, 0.1) is 6.42 Å². The maximum atomic E-state index is 12.9. The van der Waals surface area contributed by atoms with Gasteiger partial charge in [0.25, 0.3) is 17.6 Å². The van der Waals surface area contributed by atoms with Crippen molar-refractivity contribution in [3.05, 3.63) is 65.9 Å². The molecule has 2 atom stereocenters. The molecule has 1 aliphatic rings. The summed E-state index contributed by atoms with van der Waals surface area (Å²) in [5.41, 5.74) is 0.982. The molecule has 148 valence electrons. The van der Waals surface area contributed by atoms with Gasteiger partial charge in [0.1, 0.15) is 12.1 Å². The molecule has 0 fully saturated rings. The summed E-state index contributed by atoms with van der Waals surface area (Å²) >= 11 is 0. The van der Waals surface area contributed by atoms with Gasteiger partial charge in [-0.1, -0.05) is 35.5 Å². The van der Waals surface area contributed by atoms with Crippen LogP contribution in [0.15, 0.2) is 53.2 Å². The number of nitrogens with one attached hydrogen (secondary N) is 1. The van der Waals surface area contributed by atoms with Crippen LogP contribution in [0.1, 0.15) is 29.0 Å². The van der Waals surface area contributed by atoms with Crippen LogP contribution in [-0.2, 0) is 11.2 Å². The molecular formula is C20H19N5O4. The first-order valence-corrected chi connectivity index (χ1v) is 9.09. The first kappa shape index (κ1) is 18.6. The van der Waals surface area contributed by atoms with Crippen LogP contribution >= 0.6 is 0 Å². The smallest absolute Gasteiger partial charge is 0.293 e. The lowest BCUT2D eigenvalue weighted by Crippen LogP contribution is -2.53. The summed E-state index contributed by atoms with van der Waals surface area (Å²) in [6.07, 6.45) is 1.37. The standard InChI is InChI=1S/C20H19N5O4/c1-12-16(20(27)25(2)18-14(28-12)9-6-10-21-18)23-19(26)17-22-15(29-24-17)11-13-7-4-3-5-8-13/h3-10,12,16H,11H2,1-2H3,(H,23,26)/t12-,16+/m1/s1. The van der Waals surface area contributed by atoms with E-state index in [2.05, 4.69) is 20.4 Å². The second-order valence-corrected chi connectivity index (χ2v) is 6.67. The van der Waals surface area contributed by atoms with Crippen LogP contribution in [0.2, 0.25) is 0 Å². The van der Waals surface area contributed by atoms with Crippen molar-refractivity contribution in [2.45, 2.75) is 25.5 Å². The zero-order valence-corrected chi connectivity index (χ0v) is 15.9. The summed E-state index contributed by atoms with van der Waals surface area (Å²) in [5.74, 6) is 0.0682. The lowest BCUT2D eigenvalue weighted by Gasteiger charge is -2.22. The number of pyridine rings is 1. The molecule has 1 N–H and O–H groups in total. The van der Waals surface area contributed by atoms with Gasteiger partial charge in [-0.3, -0.25) is 14.5 Å². The van der Waals surface area contributed by atoms with Gasteiger partial charge >= 0.3 is 0 Å². The topological polar surface area (TPSA) is 110 Å². The number of hydrogen-bond donors (Lipinski definition) is 1. The molecule has 0 aliphatic carbocycles. The molecule has 1 aliphatic heterocycles. The summed E-state index contributed by atoms with van der Waals surface area (Å²) in [7, 11) is 1.58. The quantitative estimate of drug-likeness (QED) is 0.717. The van der Waals surface area contributed by atoms with Crippen LogP contribution in [-0.4, -0.2) is 46.1 Å². The van der Waals surface area contributed by atoms with Crippen LogP contribution in [0.3, 0.4) is 0 Å². The number of likely N-dealkylation sites (N-methyl/N-ethyl adjacent to an activating group) is 1. The predicted molar refractivity (Wildman–Crippen MR) is 103 cm³/mol. The number of carbonyl (C=O) groups is 2. The zero-order chi connectivity index (χ0) is 20.4. The van der Waals surface area contributed by atoms with Gasteiger partial charge < -0.3 is 14.6 Å². The summed E-state index contributed by atoms with van der Waals surface area (Å²) in [4.78, 5) is 35.2. The molecule has 0 bridgehead atoms. The molecule has 9 nitrogen and oxygen atoms in total. The highest BCUT2D eigenvalue weighted by atomic mass is 16.5. The molecule has 4 rings (SSSR count). The lowest BCUT2D eigenvalue weighted by atomic mass is 10.1. The molecule has 0 radical (unpaired) electrons. The highest BCUT2D eigenvalue weighted by molar-refractivity contribution is 6.02. The van der Waals surface area contributed by atoms with Gasteiger partial charge in [-0.25, -0.2) is 4.98 Å². The number of amides is 2. The highest BCUT2D eigenvalue weighted by Crippen LogP contribution is 2.29. The molecule has 0 unspecified atom stereocenters. The van der Waals surface area contributed by atoms with Crippen LogP contribution in [0, 0.1) is 0 Å². The minimum atomic E-state index is -0.933. The minimum Gasteiger partial charge on any atom is -0.484 e. The second-order valence-electron chi connectivity index (χ2n) is 6.67. The van der Waals surface area contributed by atoms with Gasteiger partial charge in [0.2, 0.25) is 5.89 Å². The molecular weight excluding hydrogens is 374 g/mol. The summed E-state index contributed by atoms with van der Waals surface area (Å²) in [6, 6.07) is 12.1. The summed E-state index contributed by atoms with van der Waals surface area (Å²) < 4.78 is 11.0. The van der Waals surface area contributed by atoms with Crippen LogP contribution in [0.5, 0.6) is 5.75 Å². The molecule has 1 aromatic carbocycles. The number of fused-ring (bicyclic) bond motifs is 1. The maximum Gasteiger partial charge on any atom is 0.293 e. The molecule has 3 aromatic rings. The van der Waals surface area contributed by atoms with E-state index in [1.807, 2.05) is 30.3 Å². The maximum absolute atomic E-state index is 12.9. The van der Waals surface area contributed by atoms with Crippen molar-refractivity contribution in [3.63, 3.8) is 0 Å². The van der Waals surface area contributed by atoms with E-state index in [1.165, 1.54) is 4.90 Å². The van der Waals surface area contributed by atoms with Crippen molar-refractivity contribution in [2.75, 3.05) is 11.9 Å². The summed E-state index contributed by atoms with van der Waals surface area (Å²) in [6.45, 7) is 1.70. The molecule has 3 heterocycles. The van der Waals surface area contributed by atoms with E-state index >= 15 is 0 Å². The van der Waals surface area contributed by atoms with Crippen molar-refractivity contribution in [2.24, 2.45) is 0 Å². The number of nitrogens with zero attached hydrogens (tertiary/aromatic N) is 4. The number of rotatable bonds is 4. The fourth-order valence-electron chi connectivity index (χ4n) is 3.08. The predicted octanol–water partition coefficient (Wildman–Crippen LogP) is 1.60. The minimum absolute atomic E-state index is 0.140. The van der Waals surface area contributed by atoms with E-state index < -0.39 is 18.1 Å². The van der Waals surface area contributed by atoms with Gasteiger partial charge in [-0.15, -0.1) is 0 Å². The third kappa shape index (κ3) is 3.79. The Hall–Kier alpha value is -3.75. The van der Waals surface area contributed by atoms with Crippen LogP contribution in [0.4, 0.5) is 5.82 Å². The van der Waals surface area contributed by atoms with E-state index in [4.69, 9.17) is 9.26 Å². The lowest BCUT2D eigenvalue weighted by molar-refractivity contribution is -0.121. The van der Waals surface area contributed by atoms with Gasteiger partial charge in [-0.05, 0) is 24.6 Å². The SMILES string of the molecule is C[C@H]1Oc2cccnc2N(C)C(=O)[C@H]1NC(=O)c1noc(Cc2ccccc2)n1. The Morgan fingerprint density at radius 3 is 2.79 bits per heavy atom. The van der Waals surface area contributed by atoms with Crippen molar-refractivity contribution in [1.82, 2.24) is 20.4 Å². The van der Waals surface area contributed by atoms with Crippen molar-refractivity contribution in [1.29, 1.82) is 0 Å². The normalized spacial score (nSPS) is 18.6. The van der Waals surface area contributed by atoms with Crippen LogP contribution < -0.4 is 15.0 Å². The third-order valence-corrected chi connectivity index (χ3v) is 4.60. The Labute approximate surface area is 166 Å². The monoisotopic (exact) mass is 393 g/mol. The number of benzene rings is 1. The van der Waals surface area contributed by atoms with Crippen molar-refractivity contribution >= 4 is 17.6 Å². The molecule has 29 heavy (non-hydrogen) atoms. The first-order chi connectivity index (χ1) is 14.0. The number of aromatic nitrogens is 3. The molecule has 2 aromatic heterocycles. The van der Waals surface area contributed by atoms with E-state index in [1.54, 1.807) is 32.3 Å². The average molecular weight is 393 g/mol. The summed E-state index contributed by atoms with van der Waals surface area (Å²) in [5, 5.41) is 6.38. The largest absolute Gasteiger partial charge is 0.484 e. The van der Waals surface area contributed by atoms with E-state index in [0.717, 1.165) is 5.56 Å². The number of ether oxygens (including phenoxy) is 1. The Kier molecular flexibility index (Phi) is 4.94. The van der Waals surface area contributed by atoms with Crippen molar-refractivity contribution in [3.8, 4) is 5.75 Å². The number of anilines is 1. The van der Waals surface area contributed by atoms with E-state index in [9.17, 15) is 9.59 Å². The third-order valence-electron chi connectivity index (χ3n) is 4.60. The van der Waals surface area contributed by atoms with Gasteiger partial charge in [0, 0.05) is 13.2 Å². The molecule has 0 saturated carbocycles. The van der Waals surface area contributed by atoms with Crippen LogP contribution in [0.25, 0.3) is 0 Å². The molecule has 9 heteroatoms. The van der Waals surface area contributed by atoms with Gasteiger partial charge in [0.15, 0.2) is 11.6 Å². The van der Waals surface area contributed by atoms with Crippen molar-refractivity contribution < 1.29 is 18.8 Å². The Balaban J connectivity index is 1.49. The molecule has 2 amide bonds. The first-order valence-electron chi connectivity index (χ1n) is 9.09. The van der Waals surface area contributed by atoms with Gasteiger partial charge in [-0.2, -0.15) is 4.98 Å². The second kappa shape index (κ2) is 7.70. The number of carbonyl (C=O) groups excluding carboxylic acids is 2. The van der Waals surface area contributed by atoms with E-state index in [-0.39, 0.29) is 11.7 Å². The Morgan fingerprint density at radius 2 is 2.00 bits per heavy atom. The fraction of sp³-hybridized carbons (Fsp3) is 0.250. The Morgan fingerprint density at radius 1 is 1.21 bits per heavy atom. The average Bonchev–Trinajstić information content (AvgIpc) is 3.17. The number of hydrogen-bond acceptors (Lipinski definition) is 7. The highest BCUT2D eigenvalue weighted by Gasteiger charge is 2.37. The zero-order valence-electron chi connectivity index (χ0n) is 15.9. The van der Waals surface area contributed by atoms with E-state index in [0.29, 0.717) is 23.9 Å². The molecule has 0 spiro atoms. The molecule has 0 saturated heterocycles.